The molecule has 26 heavy (non-hydrogen) atoms. The highest BCUT2D eigenvalue weighted by Crippen LogP contribution is 2.32. The summed E-state index contributed by atoms with van der Waals surface area (Å²) < 4.78 is 16.0. The van der Waals surface area contributed by atoms with Gasteiger partial charge in [0, 0.05) is 38.3 Å². The molecule has 0 saturated carbocycles. The molecule has 1 amide bonds. The number of carbonyl (C=O) groups is 1. The second-order valence-electron chi connectivity index (χ2n) is 6.73. The quantitative estimate of drug-likeness (QED) is 0.880. The summed E-state index contributed by atoms with van der Waals surface area (Å²) in [5.41, 5.74) is 1.70. The molecule has 1 aromatic heterocycles. The lowest BCUT2D eigenvalue weighted by molar-refractivity contribution is 0.0900. The van der Waals surface area contributed by atoms with E-state index >= 15 is 0 Å². The van der Waals surface area contributed by atoms with Gasteiger partial charge < -0.3 is 29.0 Å². The maximum absolute atomic E-state index is 12.1. The minimum absolute atomic E-state index is 0.238. The van der Waals surface area contributed by atoms with E-state index in [-0.39, 0.29) is 6.09 Å². The zero-order chi connectivity index (χ0) is 18.7. The van der Waals surface area contributed by atoms with Crippen LogP contribution >= 0.6 is 0 Å². The molecule has 1 fully saturated rings. The average Bonchev–Trinajstić information content (AvgIpc) is 3.07. The van der Waals surface area contributed by atoms with E-state index in [2.05, 4.69) is 14.9 Å². The summed E-state index contributed by atoms with van der Waals surface area (Å²) in [5, 5.41) is 0. The predicted molar refractivity (Wildman–Crippen MR) is 99.2 cm³/mol. The number of aromatic amines is 1. The number of amides is 1. The number of hydrogen-bond acceptors (Lipinski definition) is 6. The second-order valence-corrected chi connectivity index (χ2v) is 6.73. The predicted octanol–water partition coefficient (Wildman–Crippen LogP) is 2.49. The van der Waals surface area contributed by atoms with Crippen molar-refractivity contribution in [2.24, 2.45) is 5.92 Å². The monoisotopic (exact) mass is 362 g/mol. The number of piperazine rings is 1. The molecule has 142 valence electrons. The van der Waals surface area contributed by atoms with E-state index in [1.54, 1.807) is 19.1 Å². The van der Waals surface area contributed by atoms with E-state index in [1.807, 2.05) is 26.0 Å². The molecule has 2 aromatic rings. The molecule has 0 spiro atoms. The Balaban J connectivity index is 1.66. The van der Waals surface area contributed by atoms with Gasteiger partial charge in [0.15, 0.2) is 11.5 Å². The lowest BCUT2D eigenvalue weighted by atomic mass is 10.2. The van der Waals surface area contributed by atoms with Crippen molar-refractivity contribution in [3.63, 3.8) is 0 Å². The van der Waals surface area contributed by atoms with Crippen molar-refractivity contribution in [3.05, 3.63) is 12.1 Å². The van der Waals surface area contributed by atoms with Gasteiger partial charge in [-0.05, 0) is 5.92 Å². The molecule has 1 saturated heterocycles. The Morgan fingerprint density at radius 1 is 1.15 bits per heavy atom. The molecule has 0 radical (unpaired) electrons. The van der Waals surface area contributed by atoms with Crippen LogP contribution in [0.15, 0.2) is 12.1 Å². The van der Waals surface area contributed by atoms with E-state index in [9.17, 15) is 4.79 Å². The first kappa shape index (κ1) is 18.2. The normalized spacial score (nSPS) is 14.8. The van der Waals surface area contributed by atoms with Crippen LogP contribution in [0.2, 0.25) is 0 Å². The fourth-order valence-corrected chi connectivity index (χ4v) is 2.90. The Morgan fingerprint density at radius 3 is 2.42 bits per heavy atom. The molecule has 0 aliphatic carbocycles. The molecule has 3 rings (SSSR count). The van der Waals surface area contributed by atoms with E-state index < -0.39 is 0 Å². The number of imidazole rings is 1. The van der Waals surface area contributed by atoms with Crippen molar-refractivity contribution < 1.29 is 19.0 Å². The van der Waals surface area contributed by atoms with E-state index in [1.165, 1.54) is 0 Å². The van der Waals surface area contributed by atoms with Gasteiger partial charge in [0.1, 0.15) is 0 Å². The number of carbonyl (C=O) groups excluding carboxylic acids is 1. The third kappa shape index (κ3) is 3.79. The van der Waals surface area contributed by atoms with Crippen molar-refractivity contribution in [2.75, 3.05) is 51.9 Å². The van der Waals surface area contributed by atoms with Crippen molar-refractivity contribution in [1.29, 1.82) is 0 Å². The first-order valence-electron chi connectivity index (χ1n) is 8.80. The number of H-pyrrole nitrogens is 1. The summed E-state index contributed by atoms with van der Waals surface area (Å²) in [5.74, 6) is 2.43. The summed E-state index contributed by atoms with van der Waals surface area (Å²) in [6.45, 7) is 7.12. The van der Waals surface area contributed by atoms with E-state index in [0.717, 1.165) is 17.0 Å². The summed E-state index contributed by atoms with van der Waals surface area (Å²) >= 11 is 0. The molecular formula is C18H26N4O4. The number of aromatic nitrogens is 2. The summed E-state index contributed by atoms with van der Waals surface area (Å²) in [4.78, 5) is 23.9. The number of rotatable bonds is 5. The summed E-state index contributed by atoms with van der Waals surface area (Å²) in [7, 11) is 3.22. The number of fused-ring (bicyclic) bond motifs is 1. The average molecular weight is 362 g/mol. The van der Waals surface area contributed by atoms with Gasteiger partial charge >= 0.3 is 6.09 Å². The number of nitrogens with one attached hydrogen (secondary N) is 1. The highest BCUT2D eigenvalue weighted by atomic mass is 16.6. The Kier molecular flexibility index (Phi) is 5.39. The molecule has 1 aromatic carbocycles. The molecule has 2 heterocycles. The maximum Gasteiger partial charge on any atom is 0.409 e. The minimum atomic E-state index is -0.238. The zero-order valence-electron chi connectivity index (χ0n) is 15.7. The molecule has 1 aliphatic rings. The first-order valence-corrected chi connectivity index (χ1v) is 8.80. The lowest BCUT2D eigenvalue weighted by Gasteiger charge is -2.34. The minimum Gasteiger partial charge on any atom is -0.493 e. The molecule has 0 unspecified atom stereocenters. The fourth-order valence-electron chi connectivity index (χ4n) is 2.90. The second kappa shape index (κ2) is 7.72. The van der Waals surface area contributed by atoms with Gasteiger partial charge in [0.25, 0.3) is 0 Å². The Labute approximate surface area is 153 Å². The SMILES string of the molecule is COc1cc2nc(N3CCN(C(=O)OCC(C)C)CC3)[nH]c2cc1OC. The Morgan fingerprint density at radius 2 is 1.81 bits per heavy atom. The molecule has 8 nitrogen and oxygen atoms in total. The standard InChI is InChI=1S/C18H26N4O4/c1-12(2)11-26-18(23)22-7-5-21(6-8-22)17-19-13-9-15(24-3)16(25-4)10-14(13)20-17/h9-10,12H,5-8,11H2,1-4H3,(H,19,20). The molecule has 1 N–H and O–H groups in total. The summed E-state index contributed by atoms with van der Waals surface area (Å²) in [6, 6.07) is 3.73. The largest absolute Gasteiger partial charge is 0.493 e. The van der Waals surface area contributed by atoms with Crippen LogP contribution in [0, 0.1) is 5.92 Å². The van der Waals surface area contributed by atoms with Gasteiger partial charge in [0.05, 0.1) is 31.9 Å². The number of benzene rings is 1. The van der Waals surface area contributed by atoms with Crippen LogP contribution in [0.5, 0.6) is 11.5 Å². The molecule has 0 atom stereocenters. The Hall–Kier alpha value is -2.64. The van der Waals surface area contributed by atoms with E-state index in [4.69, 9.17) is 14.2 Å². The van der Waals surface area contributed by atoms with Gasteiger partial charge in [0.2, 0.25) is 5.95 Å². The van der Waals surface area contributed by atoms with Gasteiger partial charge in [-0.15, -0.1) is 0 Å². The van der Waals surface area contributed by atoms with Crippen LogP contribution in [-0.4, -0.2) is 68.0 Å². The van der Waals surface area contributed by atoms with Gasteiger partial charge in [-0.1, -0.05) is 13.8 Å². The molecule has 8 heteroatoms. The van der Waals surface area contributed by atoms with Crippen LogP contribution in [-0.2, 0) is 4.74 Å². The molecule has 0 bridgehead atoms. The third-order valence-electron chi connectivity index (χ3n) is 4.35. The number of ether oxygens (including phenoxy) is 3. The van der Waals surface area contributed by atoms with Crippen LogP contribution in [0.4, 0.5) is 10.7 Å². The van der Waals surface area contributed by atoms with Crippen molar-refractivity contribution in [2.45, 2.75) is 13.8 Å². The van der Waals surface area contributed by atoms with Crippen molar-refractivity contribution in [3.8, 4) is 11.5 Å². The topological polar surface area (TPSA) is 79.9 Å². The highest BCUT2D eigenvalue weighted by Gasteiger charge is 2.24. The fraction of sp³-hybridized carbons (Fsp3) is 0.556. The van der Waals surface area contributed by atoms with Gasteiger partial charge in [-0.2, -0.15) is 0 Å². The van der Waals surface area contributed by atoms with Crippen molar-refractivity contribution in [1.82, 2.24) is 14.9 Å². The smallest absolute Gasteiger partial charge is 0.409 e. The highest BCUT2D eigenvalue weighted by molar-refractivity contribution is 5.82. The molecular weight excluding hydrogens is 336 g/mol. The first-order chi connectivity index (χ1) is 12.5. The number of methoxy groups -OCH3 is 2. The third-order valence-corrected chi connectivity index (χ3v) is 4.35. The van der Waals surface area contributed by atoms with Crippen LogP contribution < -0.4 is 14.4 Å². The number of hydrogen-bond donors (Lipinski definition) is 1. The summed E-state index contributed by atoms with van der Waals surface area (Å²) in [6.07, 6.45) is -0.238. The number of nitrogens with zero attached hydrogens (tertiary/aromatic N) is 3. The van der Waals surface area contributed by atoms with E-state index in [0.29, 0.717) is 50.2 Å². The van der Waals surface area contributed by atoms with Crippen LogP contribution in [0.3, 0.4) is 0 Å². The zero-order valence-corrected chi connectivity index (χ0v) is 15.7. The van der Waals surface area contributed by atoms with Crippen molar-refractivity contribution >= 4 is 23.1 Å². The maximum atomic E-state index is 12.1. The lowest BCUT2D eigenvalue weighted by Crippen LogP contribution is -2.49. The van der Waals surface area contributed by atoms with Gasteiger partial charge in [-0.25, -0.2) is 9.78 Å². The Bertz CT molecular complexity index is 725. The van der Waals surface area contributed by atoms with Crippen LogP contribution in [0.25, 0.3) is 11.0 Å². The number of anilines is 1. The molecule has 1 aliphatic heterocycles. The van der Waals surface area contributed by atoms with Crippen LogP contribution in [0.1, 0.15) is 13.8 Å². The van der Waals surface area contributed by atoms with Gasteiger partial charge in [-0.3, -0.25) is 0 Å².